The molecule has 1 unspecified atom stereocenters. The first-order chi connectivity index (χ1) is 14.0. The maximum atomic E-state index is 12.4. The van der Waals surface area contributed by atoms with Gasteiger partial charge in [0.25, 0.3) is 0 Å². The summed E-state index contributed by atoms with van der Waals surface area (Å²) in [6, 6.07) is 12.0. The van der Waals surface area contributed by atoms with E-state index in [0.29, 0.717) is 17.9 Å². The number of ether oxygens (including phenoxy) is 2. The number of para-hydroxylation sites is 2. The third-order valence-corrected chi connectivity index (χ3v) is 5.90. The molecule has 3 heterocycles. The number of imidazole rings is 1. The molecule has 1 aliphatic rings. The molecule has 0 aliphatic carbocycles. The molecular weight excluding hydrogens is 388 g/mol. The van der Waals surface area contributed by atoms with Crippen molar-refractivity contribution < 1.29 is 14.3 Å². The van der Waals surface area contributed by atoms with Crippen LogP contribution in [0.4, 0.5) is 0 Å². The fourth-order valence-electron chi connectivity index (χ4n) is 3.50. The second kappa shape index (κ2) is 7.45. The molecule has 0 amide bonds. The van der Waals surface area contributed by atoms with Crippen LogP contribution in [0.2, 0.25) is 0 Å². The lowest BCUT2D eigenvalue weighted by Gasteiger charge is -2.25. The number of nitriles is 1. The summed E-state index contributed by atoms with van der Waals surface area (Å²) in [6.07, 6.45) is 1.80. The van der Waals surface area contributed by atoms with Crippen LogP contribution in [0, 0.1) is 11.3 Å². The largest absolute Gasteiger partial charge is 0.466 e. The number of hydrogen-bond donors (Lipinski definition) is 1. The number of hydrogen-bond acceptors (Lipinski definition) is 7. The predicted octanol–water partition coefficient (Wildman–Crippen LogP) is 3.40. The van der Waals surface area contributed by atoms with E-state index in [1.165, 1.54) is 18.4 Å². The molecule has 2 N–H and O–H groups in total. The third-order valence-electron chi connectivity index (χ3n) is 4.85. The number of methoxy groups -OCH3 is 1. The van der Waals surface area contributed by atoms with Crippen molar-refractivity contribution in [2.24, 2.45) is 5.73 Å². The van der Waals surface area contributed by atoms with Gasteiger partial charge < -0.3 is 19.8 Å². The predicted molar refractivity (Wildman–Crippen MR) is 109 cm³/mol. The van der Waals surface area contributed by atoms with Gasteiger partial charge in [-0.25, -0.2) is 9.78 Å². The number of nitrogens with zero attached hydrogens (tertiary/aromatic N) is 3. The first kappa shape index (κ1) is 18.8. The van der Waals surface area contributed by atoms with E-state index in [0.717, 1.165) is 21.5 Å². The van der Waals surface area contributed by atoms with Crippen LogP contribution in [0.15, 0.2) is 64.8 Å². The van der Waals surface area contributed by atoms with Crippen molar-refractivity contribution >= 4 is 28.3 Å². The molecule has 1 atom stereocenters. The minimum Gasteiger partial charge on any atom is -0.466 e. The van der Waals surface area contributed by atoms with Gasteiger partial charge >= 0.3 is 5.97 Å². The number of carbonyl (C=O) groups excluding carboxylic acids is 1. The van der Waals surface area contributed by atoms with Crippen LogP contribution in [-0.2, 0) is 20.8 Å². The molecule has 0 saturated carbocycles. The van der Waals surface area contributed by atoms with Gasteiger partial charge in [-0.3, -0.25) is 0 Å². The van der Waals surface area contributed by atoms with Gasteiger partial charge in [-0.15, -0.1) is 11.3 Å². The lowest BCUT2D eigenvalue weighted by atomic mass is 9.87. The number of thiophene rings is 1. The van der Waals surface area contributed by atoms with Gasteiger partial charge in [0.05, 0.1) is 36.0 Å². The molecule has 0 fully saturated rings. The number of rotatable bonds is 4. The monoisotopic (exact) mass is 406 g/mol. The van der Waals surface area contributed by atoms with Crippen LogP contribution in [0.25, 0.3) is 11.0 Å². The summed E-state index contributed by atoms with van der Waals surface area (Å²) in [4.78, 5) is 17.6. The Hall–Kier alpha value is -3.57. The first-order valence-corrected chi connectivity index (χ1v) is 9.75. The van der Waals surface area contributed by atoms with E-state index in [1.807, 2.05) is 35.7 Å². The summed E-state index contributed by atoms with van der Waals surface area (Å²) in [5.74, 6) is -0.796. The molecule has 2 aromatic heterocycles. The molecule has 1 aromatic carbocycles. The Bertz CT molecular complexity index is 1210. The Kier molecular flexibility index (Phi) is 4.82. The number of esters is 1. The number of allylic oxidation sites excluding steroid dienone is 2. The van der Waals surface area contributed by atoms with E-state index in [4.69, 9.17) is 15.2 Å². The first-order valence-electron chi connectivity index (χ1n) is 8.87. The van der Waals surface area contributed by atoms with Gasteiger partial charge in [-0.2, -0.15) is 5.26 Å². The van der Waals surface area contributed by atoms with Crippen LogP contribution in [0.5, 0.6) is 0 Å². The standard InChI is InChI=1S/C21H18N4O3S/c1-12-18(21(26)27-2)19(14(8-22)20(23)28-12)17-7-13(10-29-17)9-25-11-24-15-5-3-4-6-16(15)25/h3-7,10-11,19H,9,23H2,1-2H3. The highest BCUT2D eigenvalue weighted by Crippen LogP contribution is 2.42. The van der Waals surface area contributed by atoms with Crippen LogP contribution in [0.1, 0.15) is 23.3 Å². The lowest BCUT2D eigenvalue weighted by molar-refractivity contribution is -0.136. The Morgan fingerprint density at radius 2 is 2.24 bits per heavy atom. The van der Waals surface area contributed by atoms with Gasteiger partial charge in [0.15, 0.2) is 0 Å². The molecule has 0 spiro atoms. The van der Waals surface area contributed by atoms with E-state index in [2.05, 4.69) is 15.6 Å². The molecule has 0 bridgehead atoms. The molecule has 3 aromatic rings. The number of benzene rings is 1. The van der Waals surface area contributed by atoms with Gasteiger partial charge in [0, 0.05) is 11.4 Å². The van der Waals surface area contributed by atoms with E-state index in [1.54, 1.807) is 13.3 Å². The van der Waals surface area contributed by atoms with Gasteiger partial charge in [-0.05, 0) is 36.1 Å². The van der Waals surface area contributed by atoms with Crippen LogP contribution >= 0.6 is 11.3 Å². The van der Waals surface area contributed by atoms with Crippen molar-refractivity contribution in [3.63, 3.8) is 0 Å². The maximum absolute atomic E-state index is 12.4. The smallest absolute Gasteiger partial charge is 0.338 e. The van der Waals surface area contributed by atoms with Crippen molar-refractivity contribution in [3.05, 3.63) is 75.3 Å². The van der Waals surface area contributed by atoms with E-state index < -0.39 is 11.9 Å². The lowest BCUT2D eigenvalue weighted by Crippen LogP contribution is -2.24. The second-order valence-corrected chi connectivity index (χ2v) is 7.55. The summed E-state index contributed by atoms with van der Waals surface area (Å²) in [7, 11) is 1.30. The minimum atomic E-state index is -0.612. The van der Waals surface area contributed by atoms with Gasteiger partial charge in [0.1, 0.15) is 17.4 Å². The summed E-state index contributed by atoms with van der Waals surface area (Å²) in [5, 5.41) is 11.6. The normalized spacial score (nSPS) is 16.7. The topological polar surface area (TPSA) is 103 Å². The Labute approximate surface area is 171 Å². The van der Waals surface area contributed by atoms with Crippen molar-refractivity contribution in [2.75, 3.05) is 7.11 Å². The minimum absolute atomic E-state index is 0.0122. The average Bonchev–Trinajstić information content (AvgIpc) is 3.35. The molecular formula is C21H18N4O3S. The molecule has 0 radical (unpaired) electrons. The Morgan fingerprint density at radius 1 is 1.45 bits per heavy atom. The van der Waals surface area contributed by atoms with Crippen molar-refractivity contribution in [2.45, 2.75) is 19.4 Å². The summed E-state index contributed by atoms with van der Waals surface area (Å²) >= 11 is 1.47. The highest BCUT2D eigenvalue weighted by molar-refractivity contribution is 7.10. The van der Waals surface area contributed by atoms with Gasteiger partial charge in [-0.1, -0.05) is 12.1 Å². The third kappa shape index (κ3) is 3.26. The van der Waals surface area contributed by atoms with Crippen LogP contribution in [-0.4, -0.2) is 22.6 Å². The van der Waals surface area contributed by atoms with Crippen molar-refractivity contribution in [1.29, 1.82) is 5.26 Å². The molecule has 4 rings (SSSR count). The number of nitrogens with two attached hydrogens (primary N) is 1. The Balaban J connectivity index is 1.72. The summed E-state index contributed by atoms with van der Waals surface area (Å²) in [5.41, 5.74) is 9.44. The molecule has 1 aliphatic heterocycles. The summed E-state index contributed by atoms with van der Waals surface area (Å²) in [6.45, 7) is 2.27. The fraction of sp³-hybridized carbons (Fsp3) is 0.190. The average molecular weight is 406 g/mol. The highest BCUT2D eigenvalue weighted by atomic mass is 32.1. The number of carbonyl (C=O) groups is 1. The van der Waals surface area contributed by atoms with Crippen LogP contribution < -0.4 is 5.73 Å². The molecule has 29 heavy (non-hydrogen) atoms. The second-order valence-electron chi connectivity index (χ2n) is 6.60. The number of aromatic nitrogens is 2. The summed E-state index contributed by atoms with van der Waals surface area (Å²) < 4.78 is 12.4. The zero-order valence-electron chi connectivity index (χ0n) is 15.9. The zero-order chi connectivity index (χ0) is 20.5. The molecule has 146 valence electrons. The van der Waals surface area contributed by atoms with Gasteiger partial charge in [0.2, 0.25) is 5.88 Å². The molecule has 7 nitrogen and oxygen atoms in total. The molecule has 0 saturated heterocycles. The highest BCUT2D eigenvalue weighted by Gasteiger charge is 2.36. The van der Waals surface area contributed by atoms with Crippen molar-refractivity contribution in [3.8, 4) is 6.07 Å². The van der Waals surface area contributed by atoms with Crippen LogP contribution in [0.3, 0.4) is 0 Å². The molecule has 8 heteroatoms. The number of fused-ring (bicyclic) bond motifs is 1. The van der Waals surface area contributed by atoms with E-state index in [9.17, 15) is 10.1 Å². The fourth-order valence-corrected chi connectivity index (χ4v) is 4.52. The van der Waals surface area contributed by atoms with E-state index in [-0.39, 0.29) is 11.5 Å². The maximum Gasteiger partial charge on any atom is 0.338 e. The quantitative estimate of drug-likeness (QED) is 0.666. The Morgan fingerprint density at radius 3 is 3.00 bits per heavy atom. The SMILES string of the molecule is COC(=O)C1=C(C)OC(N)=C(C#N)C1c1cc(Cn2cnc3ccccc32)cs1. The van der Waals surface area contributed by atoms with Crippen molar-refractivity contribution in [1.82, 2.24) is 9.55 Å². The van der Waals surface area contributed by atoms with E-state index >= 15 is 0 Å². The zero-order valence-corrected chi connectivity index (χ0v) is 16.7.